The number of furan rings is 1. The van der Waals surface area contributed by atoms with Gasteiger partial charge in [-0.05, 0) is 69.4 Å². The predicted molar refractivity (Wildman–Crippen MR) is 177 cm³/mol. The van der Waals surface area contributed by atoms with Gasteiger partial charge in [-0.25, -0.2) is 0 Å². The molecule has 198 valence electrons. The van der Waals surface area contributed by atoms with Gasteiger partial charge in [0.05, 0.1) is 5.69 Å². The molecule has 2 nitrogen and oxygen atoms in total. The monoisotopic (exact) mass is 537 g/mol. The Kier molecular flexibility index (Phi) is 5.82. The average Bonchev–Trinajstić information content (AvgIpc) is 3.46. The summed E-state index contributed by atoms with van der Waals surface area (Å²) in [6, 6.07) is 57.7. The van der Waals surface area contributed by atoms with E-state index in [2.05, 4.69) is 169 Å². The van der Waals surface area contributed by atoms with Gasteiger partial charge in [0.1, 0.15) is 5.58 Å². The van der Waals surface area contributed by atoms with Crippen LogP contribution in [-0.4, -0.2) is 0 Å². The van der Waals surface area contributed by atoms with Gasteiger partial charge in [-0.2, -0.15) is 0 Å². The molecule has 1 heterocycles. The lowest BCUT2D eigenvalue weighted by atomic mass is 9.95. The minimum absolute atomic E-state index is 0.872. The number of nitrogens with zero attached hydrogens (tertiary/aromatic N) is 1. The van der Waals surface area contributed by atoms with E-state index in [1.807, 2.05) is 0 Å². The van der Waals surface area contributed by atoms with Crippen molar-refractivity contribution in [2.24, 2.45) is 0 Å². The van der Waals surface area contributed by atoms with Gasteiger partial charge in [0.2, 0.25) is 0 Å². The molecule has 0 aliphatic rings. The fourth-order valence-corrected chi connectivity index (χ4v) is 6.14. The van der Waals surface area contributed by atoms with E-state index in [-0.39, 0.29) is 0 Å². The largest absolute Gasteiger partial charge is 0.454 e. The lowest BCUT2D eigenvalue weighted by Crippen LogP contribution is -2.10. The first kappa shape index (κ1) is 24.2. The summed E-state index contributed by atoms with van der Waals surface area (Å²) in [5.74, 6) is 0. The first-order chi connectivity index (χ1) is 20.8. The molecule has 0 unspecified atom stereocenters. The molecule has 0 saturated carbocycles. The van der Waals surface area contributed by atoms with Gasteiger partial charge in [-0.3, -0.25) is 0 Å². The molecule has 0 atom stereocenters. The number of benzene rings is 7. The number of para-hydroxylation sites is 2. The molecule has 0 aliphatic carbocycles. The standard InChI is InChI=1S/C40H27NO/c1-4-14-28(15-5-1)30-18-12-21-32(26-30)41(31-19-8-3-9-20-31)37-25-13-24-35-39-34-23-11-10-22-33(34)36(27-38(39)42-40(35)37)29-16-6-2-7-17-29/h1-27H. The molecule has 1 aromatic heterocycles. The molecule has 0 radical (unpaired) electrons. The van der Waals surface area contributed by atoms with Gasteiger partial charge in [-0.15, -0.1) is 0 Å². The van der Waals surface area contributed by atoms with E-state index in [0.29, 0.717) is 0 Å². The third-order valence-corrected chi connectivity index (χ3v) is 8.04. The van der Waals surface area contributed by atoms with Crippen molar-refractivity contribution in [3.8, 4) is 22.3 Å². The van der Waals surface area contributed by atoms with Gasteiger partial charge >= 0.3 is 0 Å². The van der Waals surface area contributed by atoms with Crippen LogP contribution in [0.3, 0.4) is 0 Å². The van der Waals surface area contributed by atoms with Gasteiger partial charge in [0.25, 0.3) is 0 Å². The third kappa shape index (κ3) is 4.05. The van der Waals surface area contributed by atoms with E-state index < -0.39 is 0 Å². The van der Waals surface area contributed by atoms with Gasteiger partial charge in [0.15, 0.2) is 5.58 Å². The minimum atomic E-state index is 0.872. The first-order valence-electron chi connectivity index (χ1n) is 14.3. The highest BCUT2D eigenvalue weighted by Crippen LogP contribution is 2.45. The minimum Gasteiger partial charge on any atom is -0.454 e. The Morgan fingerprint density at radius 2 is 0.976 bits per heavy atom. The van der Waals surface area contributed by atoms with Crippen molar-refractivity contribution in [1.82, 2.24) is 0 Å². The SMILES string of the molecule is c1ccc(-c2cccc(N(c3ccccc3)c3cccc4c3oc3cc(-c5ccccc5)c5ccccc5c34)c2)cc1. The van der Waals surface area contributed by atoms with Crippen molar-refractivity contribution in [3.63, 3.8) is 0 Å². The van der Waals surface area contributed by atoms with E-state index in [4.69, 9.17) is 4.42 Å². The molecule has 0 aliphatic heterocycles. The highest BCUT2D eigenvalue weighted by Gasteiger charge is 2.21. The summed E-state index contributed by atoms with van der Waals surface area (Å²) in [6.07, 6.45) is 0. The van der Waals surface area contributed by atoms with E-state index in [9.17, 15) is 0 Å². The molecule has 0 fully saturated rings. The van der Waals surface area contributed by atoms with Crippen molar-refractivity contribution in [2.75, 3.05) is 4.90 Å². The van der Waals surface area contributed by atoms with Crippen LogP contribution in [0.5, 0.6) is 0 Å². The topological polar surface area (TPSA) is 16.4 Å². The number of rotatable bonds is 5. The molecule has 7 aromatic carbocycles. The maximum atomic E-state index is 6.85. The zero-order valence-corrected chi connectivity index (χ0v) is 22.9. The summed E-state index contributed by atoms with van der Waals surface area (Å²) in [4.78, 5) is 2.30. The van der Waals surface area contributed by atoms with Crippen LogP contribution >= 0.6 is 0 Å². The van der Waals surface area contributed by atoms with Crippen LogP contribution in [0.25, 0.3) is 55.0 Å². The molecule has 2 heteroatoms. The predicted octanol–water partition coefficient (Wildman–Crippen LogP) is 11.5. The van der Waals surface area contributed by atoms with E-state index in [0.717, 1.165) is 39.0 Å². The molecule has 8 rings (SSSR count). The zero-order chi connectivity index (χ0) is 27.9. The number of hydrogen-bond donors (Lipinski definition) is 0. The Bertz CT molecular complexity index is 2180. The van der Waals surface area contributed by atoms with E-state index in [1.165, 1.54) is 33.0 Å². The Morgan fingerprint density at radius 3 is 1.74 bits per heavy atom. The van der Waals surface area contributed by atoms with Crippen LogP contribution in [0, 0.1) is 0 Å². The Hall–Kier alpha value is -5.60. The quantitative estimate of drug-likeness (QED) is 0.217. The van der Waals surface area contributed by atoms with Crippen LogP contribution in [0.2, 0.25) is 0 Å². The fourth-order valence-electron chi connectivity index (χ4n) is 6.14. The molecule has 0 bridgehead atoms. The normalized spacial score (nSPS) is 11.3. The van der Waals surface area contributed by atoms with Crippen LogP contribution in [-0.2, 0) is 0 Å². The maximum absolute atomic E-state index is 6.85. The van der Waals surface area contributed by atoms with Crippen molar-refractivity contribution >= 4 is 49.8 Å². The number of anilines is 3. The first-order valence-corrected chi connectivity index (χ1v) is 14.3. The lowest BCUT2D eigenvalue weighted by Gasteiger charge is -2.26. The summed E-state index contributed by atoms with van der Waals surface area (Å²) in [6.45, 7) is 0. The molecule has 8 aromatic rings. The van der Waals surface area contributed by atoms with Crippen molar-refractivity contribution < 1.29 is 4.42 Å². The molecule has 0 spiro atoms. The second-order valence-corrected chi connectivity index (χ2v) is 10.6. The second-order valence-electron chi connectivity index (χ2n) is 10.6. The summed E-state index contributed by atoms with van der Waals surface area (Å²) in [5, 5.41) is 4.67. The fraction of sp³-hybridized carbons (Fsp3) is 0. The molecule has 0 amide bonds. The van der Waals surface area contributed by atoms with Crippen LogP contribution in [0.1, 0.15) is 0 Å². The lowest BCUT2D eigenvalue weighted by molar-refractivity contribution is 0.669. The van der Waals surface area contributed by atoms with Gasteiger partial charge < -0.3 is 9.32 Å². The smallest absolute Gasteiger partial charge is 0.159 e. The highest BCUT2D eigenvalue weighted by molar-refractivity contribution is 6.23. The summed E-state index contributed by atoms with van der Waals surface area (Å²) in [7, 11) is 0. The summed E-state index contributed by atoms with van der Waals surface area (Å²) in [5.41, 5.74) is 9.63. The Labute approximate surface area is 244 Å². The Morgan fingerprint density at radius 1 is 0.405 bits per heavy atom. The van der Waals surface area contributed by atoms with E-state index in [1.54, 1.807) is 0 Å². The van der Waals surface area contributed by atoms with Crippen molar-refractivity contribution in [3.05, 3.63) is 164 Å². The van der Waals surface area contributed by atoms with Crippen molar-refractivity contribution in [1.29, 1.82) is 0 Å². The van der Waals surface area contributed by atoms with Crippen LogP contribution in [0.4, 0.5) is 17.1 Å². The molecular weight excluding hydrogens is 510 g/mol. The molecule has 0 N–H and O–H groups in total. The van der Waals surface area contributed by atoms with Crippen molar-refractivity contribution in [2.45, 2.75) is 0 Å². The Balaban J connectivity index is 1.40. The highest BCUT2D eigenvalue weighted by atomic mass is 16.3. The maximum Gasteiger partial charge on any atom is 0.159 e. The van der Waals surface area contributed by atoms with Crippen LogP contribution in [0.15, 0.2) is 168 Å². The average molecular weight is 538 g/mol. The van der Waals surface area contributed by atoms with Gasteiger partial charge in [-0.1, -0.05) is 127 Å². The molecule has 42 heavy (non-hydrogen) atoms. The third-order valence-electron chi connectivity index (χ3n) is 8.04. The second kappa shape index (κ2) is 10.1. The molecule has 0 saturated heterocycles. The molecular formula is C40H27NO. The number of fused-ring (bicyclic) bond motifs is 5. The van der Waals surface area contributed by atoms with Crippen LogP contribution < -0.4 is 4.90 Å². The number of hydrogen-bond acceptors (Lipinski definition) is 2. The summed E-state index contributed by atoms with van der Waals surface area (Å²) < 4.78 is 6.85. The summed E-state index contributed by atoms with van der Waals surface area (Å²) >= 11 is 0. The van der Waals surface area contributed by atoms with Gasteiger partial charge in [0, 0.05) is 22.1 Å². The van der Waals surface area contributed by atoms with E-state index >= 15 is 0 Å². The zero-order valence-electron chi connectivity index (χ0n) is 22.9.